The molecule has 0 saturated carbocycles. The molecule has 0 aliphatic carbocycles. The first kappa shape index (κ1) is 13.9. The molecule has 5 nitrogen and oxygen atoms in total. The summed E-state index contributed by atoms with van der Waals surface area (Å²) in [4.78, 5) is 23.6. The summed E-state index contributed by atoms with van der Waals surface area (Å²) in [5.41, 5.74) is 0.855. The predicted octanol–water partition coefficient (Wildman–Crippen LogP) is 3.12. The Kier molecular flexibility index (Phi) is 4.20. The van der Waals surface area contributed by atoms with Gasteiger partial charge >= 0.3 is 5.97 Å². The number of carbonyl (C=O) groups is 2. The van der Waals surface area contributed by atoms with E-state index in [0.717, 1.165) is 0 Å². The van der Waals surface area contributed by atoms with Gasteiger partial charge < -0.3 is 14.5 Å². The summed E-state index contributed by atoms with van der Waals surface area (Å²) in [5.74, 6) is -0.921. The van der Waals surface area contributed by atoms with E-state index in [0.29, 0.717) is 16.7 Å². The van der Waals surface area contributed by atoms with Gasteiger partial charge in [-0.15, -0.1) is 0 Å². The molecule has 1 heterocycles. The van der Waals surface area contributed by atoms with Gasteiger partial charge in [-0.05, 0) is 32.1 Å². The molecular weight excluding hydrogens is 258 g/mol. The number of fused-ring (bicyclic) bond motifs is 1. The van der Waals surface area contributed by atoms with Gasteiger partial charge in [0.25, 0.3) is 0 Å². The summed E-state index contributed by atoms with van der Waals surface area (Å²) in [6.07, 6.45) is 2.98. The molecule has 0 fully saturated rings. The van der Waals surface area contributed by atoms with Crippen molar-refractivity contribution in [1.82, 2.24) is 0 Å². The molecule has 0 atom stereocenters. The van der Waals surface area contributed by atoms with Crippen LogP contribution in [0, 0.1) is 0 Å². The second-order valence-corrected chi connectivity index (χ2v) is 4.01. The van der Waals surface area contributed by atoms with Crippen LogP contribution in [-0.2, 0) is 9.53 Å². The number of para-hydroxylation sites is 1. The zero-order valence-corrected chi connectivity index (χ0v) is 11.3. The van der Waals surface area contributed by atoms with Crippen LogP contribution in [0.15, 0.2) is 40.8 Å². The molecule has 20 heavy (non-hydrogen) atoms. The third-order valence-corrected chi connectivity index (χ3v) is 2.62. The van der Waals surface area contributed by atoms with Crippen molar-refractivity contribution >= 4 is 28.5 Å². The molecule has 1 N–H and O–H groups in total. The monoisotopic (exact) mass is 273 g/mol. The fourth-order valence-corrected chi connectivity index (χ4v) is 1.83. The van der Waals surface area contributed by atoms with Gasteiger partial charge in [-0.25, -0.2) is 4.79 Å². The van der Waals surface area contributed by atoms with Gasteiger partial charge in [-0.2, -0.15) is 0 Å². The van der Waals surface area contributed by atoms with Crippen LogP contribution in [0.4, 0.5) is 5.69 Å². The summed E-state index contributed by atoms with van der Waals surface area (Å²) in [6.45, 7) is 3.68. The Bertz CT molecular complexity index is 670. The van der Waals surface area contributed by atoms with E-state index in [1.165, 1.54) is 6.08 Å². The summed E-state index contributed by atoms with van der Waals surface area (Å²) in [5, 5.41) is 3.31. The predicted molar refractivity (Wildman–Crippen MR) is 75.6 cm³/mol. The molecule has 1 aromatic carbocycles. The molecule has 1 aromatic heterocycles. The highest BCUT2D eigenvalue weighted by molar-refractivity contribution is 6.11. The van der Waals surface area contributed by atoms with Crippen LogP contribution < -0.4 is 5.32 Å². The molecule has 0 aliphatic heterocycles. The summed E-state index contributed by atoms with van der Waals surface area (Å²) in [7, 11) is 0. The zero-order valence-electron chi connectivity index (χ0n) is 11.3. The Hall–Kier alpha value is -2.56. The Labute approximate surface area is 116 Å². The highest BCUT2D eigenvalue weighted by Gasteiger charge is 2.22. The lowest BCUT2D eigenvalue weighted by molar-refractivity contribution is -0.111. The Balaban J connectivity index is 2.49. The van der Waals surface area contributed by atoms with Crippen molar-refractivity contribution in [3.8, 4) is 0 Å². The number of allylic oxidation sites excluding steroid dienone is 1. The molecule has 0 radical (unpaired) electrons. The van der Waals surface area contributed by atoms with Crippen LogP contribution in [0.25, 0.3) is 11.0 Å². The van der Waals surface area contributed by atoms with Crippen molar-refractivity contribution in [2.24, 2.45) is 0 Å². The fourth-order valence-electron chi connectivity index (χ4n) is 1.83. The van der Waals surface area contributed by atoms with Crippen LogP contribution >= 0.6 is 0 Å². The maximum absolute atomic E-state index is 11.9. The number of carbonyl (C=O) groups excluding carboxylic acids is 2. The molecule has 2 aromatic rings. The van der Waals surface area contributed by atoms with E-state index in [4.69, 9.17) is 9.15 Å². The molecule has 0 saturated heterocycles. The first-order valence-corrected chi connectivity index (χ1v) is 6.29. The van der Waals surface area contributed by atoms with Gasteiger partial charge in [0.2, 0.25) is 11.7 Å². The van der Waals surface area contributed by atoms with Crippen molar-refractivity contribution in [1.29, 1.82) is 0 Å². The Morgan fingerprint density at radius 3 is 2.80 bits per heavy atom. The lowest BCUT2D eigenvalue weighted by Gasteiger charge is -2.03. The first-order valence-electron chi connectivity index (χ1n) is 6.29. The quantitative estimate of drug-likeness (QED) is 0.686. The summed E-state index contributed by atoms with van der Waals surface area (Å²) >= 11 is 0. The van der Waals surface area contributed by atoms with Crippen molar-refractivity contribution in [2.75, 3.05) is 11.9 Å². The summed E-state index contributed by atoms with van der Waals surface area (Å²) in [6, 6.07) is 7.09. The van der Waals surface area contributed by atoms with E-state index in [2.05, 4.69) is 5.32 Å². The molecule has 2 rings (SSSR count). The van der Waals surface area contributed by atoms with Crippen LogP contribution in [-0.4, -0.2) is 18.5 Å². The SMILES string of the molecule is C/C=C/C(=O)Nc1c(C(=O)OCC)oc2ccccc12. The van der Waals surface area contributed by atoms with Gasteiger partial charge in [0, 0.05) is 5.39 Å². The minimum Gasteiger partial charge on any atom is -0.460 e. The average molecular weight is 273 g/mol. The van der Waals surface area contributed by atoms with Crippen molar-refractivity contribution in [3.63, 3.8) is 0 Å². The highest BCUT2D eigenvalue weighted by Crippen LogP contribution is 2.31. The molecule has 0 unspecified atom stereocenters. The largest absolute Gasteiger partial charge is 0.460 e. The minimum absolute atomic E-state index is 0.00547. The molecule has 5 heteroatoms. The van der Waals surface area contributed by atoms with Gasteiger partial charge in [-0.3, -0.25) is 4.79 Å². The molecule has 0 bridgehead atoms. The van der Waals surface area contributed by atoms with E-state index in [-0.39, 0.29) is 18.3 Å². The van der Waals surface area contributed by atoms with Crippen LogP contribution in [0.5, 0.6) is 0 Å². The normalized spacial score (nSPS) is 10.9. The van der Waals surface area contributed by atoms with Gasteiger partial charge in [0.05, 0.1) is 6.61 Å². The third-order valence-electron chi connectivity index (χ3n) is 2.62. The number of hydrogen-bond acceptors (Lipinski definition) is 4. The third kappa shape index (κ3) is 2.71. The smallest absolute Gasteiger partial charge is 0.376 e. The lowest BCUT2D eigenvalue weighted by atomic mass is 10.2. The van der Waals surface area contributed by atoms with Crippen molar-refractivity contribution < 1.29 is 18.7 Å². The van der Waals surface area contributed by atoms with Crippen LogP contribution in [0.2, 0.25) is 0 Å². The van der Waals surface area contributed by atoms with E-state index in [1.54, 1.807) is 44.2 Å². The van der Waals surface area contributed by atoms with E-state index >= 15 is 0 Å². The number of amides is 1. The minimum atomic E-state index is -0.598. The van der Waals surface area contributed by atoms with Gasteiger partial charge in [0.15, 0.2) is 0 Å². The molecular formula is C15H15NO4. The number of anilines is 1. The van der Waals surface area contributed by atoms with Gasteiger partial charge in [-0.1, -0.05) is 18.2 Å². The molecule has 0 aliphatic rings. The standard InChI is InChI=1S/C15H15NO4/c1-3-7-12(17)16-13-10-8-5-6-9-11(10)20-14(13)15(18)19-4-2/h3,5-9H,4H2,1-2H3,(H,16,17)/b7-3+. The van der Waals surface area contributed by atoms with Gasteiger partial charge in [0.1, 0.15) is 11.3 Å². The van der Waals surface area contributed by atoms with E-state index < -0.39 is 5.97 Å². The van der Waals surface area contributed by atoms with Crippen molar-refractivity contribution in [2.45, 2.75) is 13.8 Å². The second-order valence-electron chi connectivity index (χ2n) is 4.01. The van der Waals surface area contributed by atoms with Crippen LogP contribution in [0.3, 0.4) is 0 Å². The Morgan fingerprint density at radius 2 is 2.10 bits per heavy atom. The number of furan rings is 1. The fraction of sp³-hybridized carbons (Fsp3) is 0.200. The molecule has 104 valence electrons. The Morgan fingerprint density at radius 1 is 1.35 bits per heavy atom. The highest BCUT2D eigenvalue weighted by atomic mass is 16.5. The number of hydrogen-bond donors (Lipinski definition) is 1. The lowest BCUT2D eigenvalue weighted by Crippen LogP contribution is -2.12. The van der Waals surface area contributed by atoms with E-state index in [9.17, 15) is 9.59 Å². The summed E-state index contributed by atoms with van der Waals surface area (Å²) < 4.78 is 10.4. The second kappa shape index (κ2) is 6.06. The number of nitrogens with one attached hydrogen (secondary N) is 1. The topological polar surface area (TPSA) is 68.5 Å². The molecule has 1 amide bonds. The van der Waals surface area contributed by atoms with Crippen LogP contribution in [0.1, 0.15) is 24.4 Å². The number of rotatable bonds is 4. The van der Waals surface area contributed by atoms with E-state index in [1.807, 2.05) is 0 Å². The maximum atomic E-state index is 11.9. The number of ether oxygens (including phenoxy) is 1. The van der Waals surface area contributed by atoms with Crippen molar-refractivity contribution in [3.05, 3.63) is 42.2 Å². The number of esters is 1. The zero-order chi connectivity index (χ0) is 14.5. The first-order chi connectivity index (χ1) is 9.67. The maximum Gasteiger partial charge on any atom is 0.376 e. The average Bonchev–Trinajstić information content (AvgIpc) is 2.78. The number of benzene rings is 1. The molecule has 0 spiro atoms.